The lowest BCUT2D eigenvalue weighted by atomic mass is 9.89. The molecule has 34 heavy (non-hydrogen) atoms. The van der Waals surface area contributed by atoms with E-state index in [2.05, 4.69) is 46.7 Å². The molecule has 0 aliphatic carbocycles. The lowest BCUT2D eigenvalue weighted by Crippen LogP contribution is -2.57. The molecular weight excluding hydrogens is 472 g/mol. The van der Waals surface area contributed by atoms with Gasteiger partial charge in [0.25, 0.3) is 10.1 Å². The van der Waals surface area contributed by atoms with E-state index in [0.29, 0.717) is 12.3 Å². The number of terminal acetylenes is 1. The summed E-state index contributed by atoms with van der Waals surface area (Å²) in [5, 5.41) is 11.0. The van der Waals surface area contributed by atoms with Crippen molar-refractivity contribution in [2.24, 2.45) is 11.8 Å². The van der Waals surface area contributed by atoms with E-state index in [1.54, 1.807) is 12.1 Å². The number of methoxy groups -OCH3 is 1. The molecule has 2 rings (SSSR count). The van der Waals surface area contributed by atoms with Gasteiger partial charge in [-0.2, -0.15) is 8.42 Å². The van der Waals surface area contributed by atoms with Crippen molar-refractivity contribution in [1.29, 1.82) is 0 Å². The standard InChI is InChI=1S/C25H40O7SSi/c1-10-19-15-22(32-34(8,9)25(5,6)17(2)3)23(24(29-7)31-19)21(26)16-30-33(27,28)20-13-11-18(4)12-14-20/h1,11-14,17,19,21-24,26H,15-16H2,2-9H3/t19-,21-,22-,23+,24+/m1/s1. The number of hydrogen-bond acceptors (Lipinski definition) is 7. The molecule has 0 radical (unpaired) electrons. The van der Waals surface area contributed by atoms with Gasteiger partial charge in [0.1, 0.15) is 6.10 Å². The highest BCUT2D eigenvalue weighted by Crippen LogP contribution is 2.47. The first-order valence-corrected chi connectivity index (χ1v) is 15.9. The topological polar surface area (TPSA) is 91.3 Å². The molecule has 1 aliphatic heterocycles. The monoisotopic (exact) mass is 512 g/mol. The van der Waals surface area contributed by atoms with Gasteiger partial charge >= 0.3 is 0 Å². The largest absolute Gasteiger partial charge is 0.413 e. The summed E-state index contributed by atoms with van der Waals surface area (Å²) in [5.74, 6) is 2.31. The summed E-state index contributed by atoms with van der Waals surface area (Å²) >= 11 is 0. The third-order valence-electron chi connectivity index (χ3n) is 7.50. The first kappa shape index (κ1) is 29.0. The Kier molecular flexibility index (Phi) is 9.55. The summed E-state index contributed by atoms with van der Waals surface area (Å²) < 4.78 is 48.6. The van der Waals surface area contributed by atoms with Gasteiger partial charge in [0.05, 0.1) is 29.6 Å². The van der Waals surface area contributed by atoms with E-state index in [1.807, 2.05) is 6.92 Å². The second kappa shape index (κ2) is 11.2. The van der Waals surface area contributed by atoms with E-state index in [4.69, 9.17) is 24.5 Å². The van der Waals surface area contributed by atoms with Crippen LogP contribution in [0, 0.1) is 31.1 Å². The van der Waals surface area contributed by atoms with Crippen molar-refractivity contribution in [1.82, 2.24) is 0 Å². The molecule has 1 aromatic rings. The molecule has 1 saturated heterocycles. The second-order valence-electron chi connectivity index (χ2n) is 10.4. The Hall–Kier alpha value is -1.25. The van der Waals surface area contributed by atoms with E-state index < -0.39 is 55.6 Å². The van der Waals surface area contributed by atoms with Crippen LogP contribution in [-0.2, 0) is 28.2 Å². The Morgan fingerprint density at radius 3 is 2.35 bits per heavy atom. The minimum Gasteiger partial charge on any atom is -0.413 e. The van der Waals surface area contributed by atoms with Gasteiger partial charge in [0.2, 0.25) is 0 Å². The van der Waals surface area contributed by atoms with Crippen LogP contribution in [0.3, 0.4) is 0 Å². The maximum atomic E-state index is 12.7. The van der Waals surface area contributed by atoms with E-state index in [-0.39, 0.29) is 9.93 Å². The summed E-state index contributed by atoms with van der Waals surface area (Å²) in [4.78, 5) is 0.0286. The molecule has 1 aromatic carbocycles. The molecule has 192 valence electrons. The average molecular weight is 513 g/mol. The summed E-state index contributed by atoms with van der Waals surface area (Å²) in [5.41, 5.74) is 0.931. The predicted octanol–water partition coefficient (Wildman–Crippen LogP) is 4.10. The van der Waals surface area contributed by atoms with Crippen molar-refractivity contribution in [3.05, 3.63) is 29.8 Å². The van der Waals surface area contributed by atoms with Gasteiger partial charge in [0, 0.05) is 13.5 Å². The molecule has 0 saturated carbocycles. The molecule has 0 aromatic heterocycles. The molecule has 9 heteroatoms. The number of aryl methyl sites for hydroxylation is 1. The molecule has 7 nitrogen and oxygen atoms in total. The minimum atomic E-state index is -4.04. The molecule has 0 amide bonds. The van der Waals surface area contributed by atoms with Crippen LogP contribution in [0.4, 0.5) is 0 Å². The molecular formula is C25H40O7SSi. The number of aliphatic hydroxyl groups excluding tert-OH is 1. The lowest BCUT2D eigenvalue weighted by Gasteiger charge is -2.49. The fourth-order valence-electron chi connectivity index (χ4n) is 4.00. The molecule has 0 spiro atoms. The normalized spacial score (nSPS) is 25.2. The summed E-state index contributed by atoms with van der Waals surface area (Å²) in [6, 6.07) is 6.33. The number of aliphatic hydroxyl groups is 1. The van der Waals surface area contributed by atoms with E-state index in [0.717, 1.165) is 5.56 Å². The van der Waals surface area contributed by atoms with E-state index in [1.165, 1.54) is 19.2 Å². The van der Waals surface area contributed by atoms with Crippen LogP contribution in [0.25, 0.3) is 0 Å². The lowest BCUT2D eigenvalue weighted by molar-refractivity contribution is -0.243. The SMILES string of the molecule is C#C[C@@H]1C[C@@H](O[Si](C)(C)C(C)(C)C(C)C)[C@H]([C@H](O)COS(=O)(=O)c2ccc(C)cc2)[C@@H](OC)O1. The van der Waals surface area contributed by atoms with Crippen LogP contribution in [-0.4, -0.2) is 60.2 Å². The number of ether oxygens (including phenoxy) is 2. The first-order valence-electron chi connectivity index (χ1n) is 11.6. The van der Waals surface area contributed by atoms with Crippen LogP contribution < -0.4 is 0 Å². The van der Waals surface area contributed by atoms with Crippen molar-refractivity contribution in [3.63, 3.8) is 0 Å². The highest BCUT2D eigenvalue weighted by molar-refractivity contribution is 7.86. The number of rotatable bonds is 10. The van der Waals surface area contributed by atoms with Crippen LogP contribution >= 0.6 is 0 Å². The Balaban J connectivity index is 2.28. The molecule has 1 heterocycles. The summed E-state index contributed by atoms with van der Waals surface area (Å²) in [6.45, 7) is 14.4. The minimum absolute atomic E-state index is 0.0286. The van der Waals surface area contributed by atoms with Crippen LogP contribution in [0.2, 0.25) is 18.1 Å². The highest BCUT2D eigenvalue weighted by Gasteiger charge is 2.50. The zero-order valence-electron chi connectivity index (χ0n) is 21.6. The Morgan fingerprint density at radius 1 is 1.26 bits per heavy atom. The Bertz CT molecular complexity index is 950. The molecule has 1 aliphatic rings. The second-order valence-corrected chi connectivity index (χ2v) is 16.5. The Labute approximate surface area is 206 Å². The number of hydrogen-bond donors (Lipinski definition) is 1. The highest BCUT2D eigenvalue weighted by atomic mass is 32.2. The van der Waals surface area contributed by atoms with Gasteiger partial charge in [-0.15, -0.1) is 6.42 Å². The third-order valence-corrected chi connectivity index (χ3v) is 13.4. The Morgan fingerprint density at radius 2 is 1.85 bits per heavy atom. The average Bonchev–Trinajstić information content (AvgIpc) is 2.76. The van der Waals surface area contributed by atoms with E-state index in [9.17, 15) is 13.5 Å². The number of benzene rings is 1. The summed E-state index contributed by atoms with van der Waals surface area (Å²) in [7, 11) is -4.90. The fourth-order valence-corrected chi connectivity index (χ4v) is 7.62. The maximum Gasteiger partial charge on any atom is 0.297 e. The van der Waals surface area contributed by atoms with Gasteiger partial charge in [-0.05, 0) is 43.1 Å². The van der Waals surface area contributed by atoms with Gasteiger partial charge in [-0.3, -0.25) is 4.18 Å². The molecule has 1 N–H and O–H groups in total. The first-order chi connectivity index (χ1) is 15.7. The van der Waals surface area contributed by atoms with Crippen LogP contribution in [0.5, 0.6) is 0 Å². The molecule has 1 fully saturated rings. The molecule has 0 unspecified atom stereocenters. The van der Waals surface area contributed by atoms with Crippen molar-refractivity contribution >= 4 is 18.4 Å². The zero-order valence-corrected chi connectivity index (χ0v) is 23.4. The van der Waals surface area contributed by atoms with Crippen molar-refractivity contribution in [3.8, 4) is 12.3 Å². The quantitative estimate of drug-likeness (QED) is 0.287. The summed E-state index contributed by atoms with van der Waals surface area (Å²) in [6.07, 6.45) is 2.90. The van der Waals surface area contributed by atoms with Crippen LogP contribution in [0.15, 0.2) is 29.2 Å². The molecule has 5 atom stereocenters. The predicted molar refractivity (Wildman–Crippen MR) is 134 cm³/mol. The smallest absolute Gasteiger partial charge is 0.297 e. The van der Waals surface area contributed by atoms with Gasteiger partial charge < -0.3 is 19.0 Å². The van der Waals surface area contributed by atoms with Gasteiger partial charge in [-0.1, -0.05) is 51.3 Å². The molecule has 0 bridgehead atoms. The zero-order chi connectivity index (χ0) is 25.9. The third kappa shape index (κ3) is 6.49. The van der Waals surface area contributed by atoms with Gasteiger partial charge in [0.15, 0.2) is 14.6 Å². The maximum absolute atomic E-state index is 12.7. The van der Waals surface area contributed by atoms with Crippen molar-refractivity contribution < 1.29 is 31.6 Å². The fraction of sp³-hybridized carbons (Fsp3) is 0.680. The van der Waals surface area contributed by atoms with Crippen molar-refractivity contribution in [2.45, 2.75) is 88.7 Å². The van der Waals surface area contributed by atoms with Crippen molar-refractivity contribution in [2.75, 3.05) is 13.7 Å². The van der Waals surface area contributed by atoms with Gasteiger partial charge in [-0.25, -0.2) is 0 Å². The van der Waals surface area contributed by atoms with E-state index >= 15 is 0 Å². The van der Waals surface area contributed by atoms with Crippen LogP contribution in [0.1, 0.15) is 39.7 Å².